The lowest BCUT2D eigenvalue weighted by Crippen LogP contribution is -2.29. The van der Waals surface area contributed by atoms with Crippen molar-refractivity contribution in [1.82, 2.24) is 0 Å². The molecule has 0 bridgehead atoms. The maximum Gasteiger partial charge on any atom is 0.150 e. The molecule has 0 amide bonds. The van der Waals surface area contributed by atoms with Crippen LogP contribution in [0.2, 0.25) is 0 Å². The van der Waals surface area contributed by atoms with E-state index in [9.17, 15) is 0 Å². The number of fused-ring (bicyclic) bond motifs is 3. The van der Waals surface area contributed by atoms with Crippen LogP contribution in [0.5, 0.6) is 0 Å². The molecule has 0 aliphatic heterocycles. The monoisotopic (exact) mass is 576 g/mol. The molecule has 212 valence electrons. The zero-order valence-electron chi connectivity index (χ0n) is 24.8. The van der Waals surface area contributed by atoms with Crippen LogP contribution in [0.1, 0.15) is 53.5 Å². The molecule has 5 aromatic carbocycles. The standard InChI is InChI=1S/C41H37OP/c1-29-14-12-13-21-40(29)43(42,36-19-10-5-11-20-36)37-23-25-39-35(28-37)27-34-26-33(22-24-38(34)39)30(2)41(31-15-6-3-7-16-31)32-17-8-4-9-18-32/h3-26,28-30,40-41H,27H2,1-2H3. The summed E-state index contributed by atoms with van der Waals surface area (Å²) in [5.41, 5.74) is 9.19. The lowest BCUT2D eigenvalue weighted by atomic mass is 9.78. The van der Waals surface area contributed by atoms with Crippen LogP contribution in [-0.2, 0) is 11.0 Å². The Morgan fingerprint density at radius 3 is 1.79 bits per heavy atom. The number of hydrogen-bond acceptors (Lipinski definition) is 1. The zero-order chi connectivity index (χ0) is 29.4. The van der Waals surface area contributed by atoms with Crippen molar-refractivity contribution >= 4 is 17.8 Å². The maximum atomic E-state index is 15.3. The van der Waals surface area contributed by atoms with Gasteiger partial charge in [-0.05, 0) is 63.3 Å². The van der Waals surface area contributed by atoms with E-state index >= 15 is 4.57 Å². The topological polar surface area (TPSA) is 17.1 Å². The molecule has 0 aromatic heterocycles. The minimum atomic E-state index is -2.93. The zero-order valence-corrected chi connectivity index (χ0v) is 25.7. The largest absolute Gasteiger partial charge is 0.313 e. The molecule has 0 heterocycles. The van der Waals surface area contributed by atoms with Crippen LogP contribution in [-0.4, -0.2) is 5.66 Å². The van der Waals surface area contributed by atoms with E-state index < -0.39 is 7.14 Å². The molecular formula is C41H37OP. The highest BCUT2D eigenvalue weighted by Gasteiger charge is 2.39. The quantitative estimate of drug-likeness (QED) is 0.173. The minimum absolute atomic E-state index is 0.0536. The second kappa shape index (κ2) is 11.5. The average Bonchev–Trinajstić information content (AvgIpc) is 3.43. The average molecular weight is 577 g/mol. The Balaban J connectivity index is 1.25. The summed E-state index contributed by atoms with van der Waals surface area (Å²) in [6.07, 6.45) is 9.35. The molecule has 5 aromatic rings. The van der Waals surface area contributed by atoms with Crippen LogP contribution in [0.15, 0.2) is 152 Å². The van der Waals surface area contributed by atoms with Crippen LogP contribution in [0, 0.1) is 5.92 Å². The third-order valence-electron chi connectivity index (χ3n) is 9.55. The van der Waals surface area contributed by atoms with E-state index in [4.69, 9.17) is 0 Å². The third kappa shape index (κ3) is 4.97. The van der Waals surface area contributed by atoms with Crippen molar-refractivity contribution in [2.75, 3.05) is 0 Å². The fraction of sp³-hybridized carbons (Fsp3) is 0.171. The molecule has 1 nitrogen and oxygen atoms in total. The van der Waals surface area contributed by atoms with Gasteiger partial charge in [-0.3, -0.25) is 0 Å². The molecule has 4 atom stereocenters. The van der Waals surface area contributed by atoms with Gasteiger partial charge in [0.1, 0.15) is 7.14 Å². The Labute approximate surface area is 256 Å². The summed E-state index contributed by atoms with van der Waals surface area (Å²) in [5.74, 6) is 0.778. The molecule has 0 saturated heterocycles. The molecular weight excluding hydrogens is 539 g/mol. The molecule has 43 heavy (non-hydrogen) atoms. The molecule has 2 heteroatoms. The molecule has 0 saturated carbocycles. The highest BCUT2D eigenvalue weighted by molar-refractivity contribution is 7.79. The summed E-state index contributed by atoms with van der Waals surface area (Å²) in [4.78, 5) is 0. The molecule has 2 aliphatic carbocycles. The summed E-state index contributed by atoms with van der Waals surface area (Å²) >= 11 is 0. The number of rotatable bonds is 7. The third-order valence-corrected chi connectivity index (χ3v) is 13.1. The van der Waals surface area contributed by atoms with E-state index in [1.165, 1.54) is 38.9 Å². The van der Waals surface area contributed by atoms with Gasteiger partial charge in [0.05, 0.1) is 0 Å². The molecule has 0 spiro atoms. The smallest absolute Gasteiger partial charge is 0.150 e. The van der Waals surface area contributed by atoms with E-state index in [1.54, 1.807) is 0 Å². The summed E-state index contributed by atoms with van der Waals surface area (Å²) in [7, 11) is -2.93. The molecule has 0 radical (unpaired) electrons. The van der Waals surface area contributed by atoms with Gasteiger partial charge in [0, 0.05) is 22.2 Å². The van der Waals surface area contributed by atoms with Gasteiger partial charge in [-0.25, -0.2) is 0 Å². The van der Waals surface area contributed by atoms with Gasteiger partial charge in [0.2, 0.25) is 0 Å². The molecule has 0 fully saturated rings. The Hall–Kier alpha value is -4.19. The van der Waals surface area contributed by atoms with Crippen molar-refractivity contribution in [3.63, 3.8) is 0 Å². The number of benzene rings is 5. The Kier molecular flexibility index (Phi) is 7.38. The van der Waals surface area contributed by atoms with Gasteiger partial charge in [-0.15, -0.1) is 0 Å². The van der Waals surface area contributed by atoms with Gasteiger partial charge in [0.25, 0.3) is 0 Å². The fourth-order valence-electron chi connectivity index (χ4n) is 7.29. The van der Waals surface area contributed by atoms with Crippen molar-refractivity contribution < 1.29 is 4.57 Å². The van der Waals surface area contributed by atoms with Crippen LogP contribution >= 0.6 is 7.14 Å². The summed E-state index contributed by atoms with van der Waals surface area (Å²) in [5, 5.41) is 1.90. The maximum absolute atomic E-state index is 15.3. The second-order valence-electron chi connectivity index (χ2n) is 12.1. The first-order chi connectivity index (χ1) is 21.0. The van der Waals surface area contributed by atoms with E-state index in [-0.39, 0.29) is 17.5 Å². The van der Waals surface area contributed by atoms with Crippen molar-refractivity contribution in [2.24, 2.45) is 5.92 Å². The van der Waals surface area contributed by atoms with Crippen LogP contribution in [0.25, 0.3) is 11.1 Å². The lowest BCUT2D eigenvalue weighted by Gasteiger charge is -2.31. The first-order valence-electron chi connectivity index (χ1n) is 15.4. The molecule has 4 unspecified atom stereocenters. The summed E-state index contributed by atoms with van der Waals surface area (Å²) in [6.45, 7) is 4.54. The minimum Gasteiger partial charge on any atom is -0.313 e. The Bertz CT molecular complexity index is 1810. The van der Waals surface area contributed by atoms with Gasteiger partial charge < -0.3 is 4.57 Å². The normalized spacial score (nSPS) is 19.0. The van der Waals surface area contributed by atoms with E-state index in [0.717, 1.165) is 17.0 Å². The highest BCUT2D eigenvalue weighted by Crippen LogP contribution is 2.54. The Morgan fingerprint density at radius 2 is 1.16 bits per heavy atom. The summed E-state index contributed by atoms with van der Waals surface area (Å²) < 4.78 is 15.3. The van der Waals surface area contributed by atoms with Crippen LogP contribution in [0.3, 0.4) is 0 Å². The predicted octanol–water partition coefficient (Wildman–Crippen LogP) is 9.64. The van der Waals surface area contributed by atoms with Gasteiger partial charge >= 0.3 is 0 Å². The van der Waals surface area contributed by atoms with Gasteiger partial charge in [-0.2, -0.15) is 0 Å². The van der Waals surface area contributed by atoms with Gasteiger partial charge in [-0.1, -0.05) is 159 Å². The molecule has 7 rings (SSSR count). The van der Waals surface area contributed by atoms with E-state index in [0.29, 0.717) is 5.92 Å². The SMILES string of the molecule is CC1C=CC=CC1P(=O)(c1ccccc1)c1ccc2c(c1)Cc1cc(C(C)C(c3ccccc3)c3ccccc3)ccc1-2. The van der Waals surface area contributed by atoms with E-state index in [2.05, 4.69) is 135 Å². The first-order valence-corrected chi connectivity index (χ1v) is 17.2. The molecule has 0 N–H and O–H groups in total. The number of hydrogen-bond donors (Lipinski definition) is 0. The van der Waals surface area contributed by atoms with Crippen molar-refractivity contribution in [3.05, 3.63) is 180 Å². The number of allylic oxidation sites excluding steroid dienone is 4. The van der Waals surface area contributed by atoms with Crippen LogP contribution in [0.4, 0.5) is 0 Å². The van der Waals surface area contributed by atoms with Crippen molar-refractivity contribution in [1.29, 1.82) is 0 Å². The molecule has 2 aliphatic rings. The predicted molar refractivity (Wildman–Crippen MR) is 182 cm³/mol. The van der Waals surface area contributed by atoms with Crippen molar-refractivity contribution in [2.45, 2.75) is 37.8 Å². The second-order valence-corrected chi connectivity index (χ2v) is 15.1. The van der Waals surface area contributed by atoms with Crippen LogP contribution < -0.4 is 10.6 Å². The summed E-state index contributed by atoms with van der Waals surface area (Å²) in [6, 6.07) is 45.6. The van der Waals surface area contributed by atoms with Crippen molar-refractivity contribution in [3.8, 4) is 11.1 Å². The Morgan fingerprint density at radius 1 is 0.605 bits per heavy atom. The van der Waals surface area contributed by atoms with Gasteiger partial charge in [0.15, 0.2) is 0 Å². The lowest BCUT2D eigenvalue weighted by molar-refractivity contribution is 0.572. The first kappa shape index (κ1) is 27.6. The highest BCUT2D eigenvalue weighted by atomic mass is 31.2. The fourth-order valence-corrected chi connectivity index (χ4v) is 10.6. The van der Waals surface area contributed by atoms with E-state index in [1.807, 2.05) is 30.3 Å².